The summed E-state index contributed by atoms with van der Waals surface area (Å²) in [7, 11) is 2.12. The number of hydrogen-bond acceptors (Lipinski definition) is 2. The van der Waals surface area contributed by atoms with Crippen LogP contribution in [0.4, 0.5) is 0 Å². The van der Waals surface area contributed by atoms with Gasteiger partial charge in [-0.2, -0.15) is 0 Å². The van der Waals surface area contributed by atoms with E-state index in [4.69, 9.17) is 4.98 Å². The van der Waals surface area contributed by atoms with E-state index in [0.29, 0.717) is 6.04 Å². The molecule has 3 nitrogen and oxygen atoms in total. The van der Waals surface area contributed by atoms with Crippen molar-refractivity contribution in [2.75, 3.05) is 7.05 Å². The van der Waals surface area contributed by atoms with E-state index in [9.17, 15) is 0 Å². The Labute approximate surface area is 127 Å². The fourth-order valence-electron chi connectivity index (χ4n) is 3.84. The van der Waals surface area contributed by atoms with Crippen LogP contribution in [0.2, 0.25) is 0 Å². The molecule has 1 aromatic carbocycles. The average molecular weight is 285 g/mol. The van der Waals surface area contributed by atoms with Gasteiger partial charge in [-0.3, -0.25) is 0 Å². The second-order valence-corrected chi connectivity index (χ2v) is 6.75. The van der Waals surface area contributed by atoms with Crippen molar-refractivity contribution in [1.82, 2.24) is 14.9 Å². The van der Waals surface area contributed by atoms with Crippen molar-refractivity contribution in [3.8, 4) is 0 Å². The molecule has 2 aromatic rings. The maximum atomic E-state index is 4.94. The summed E-state index contributed by atoms with van der Waals surface area (Å²) in [5.74, 6) is 1.24. The summed E-state index contributed by atoms with van der Waals surface area (Å²) in [5, 5.41) is 3.62. The minimum atomic E-state index is 0.242. The Kier molecular flexibility index (Phi) is 4.03. The molecule has 0 bridgehead atoms. The molecule has 0 saturated heterocycles. The Morgan fingerprint density at radius 1 is 1.19 bits per heavy atom. The maximum Gasteiger partial charge on any atom is 0.111 e. The summed E-state index contributed by atoms with van der Waals surface area (Å²) in [5.41, 5.74) is 2.64. The lowest BCUT2D eigenvalue weighted by atomic mass is 9.79. The van der Waals surface area contributed by atoms with Crippen LogP contribution in [0.15, 0.2) is 24.3 Å². The molecule has 1 aromatic heterocycles. The standard InChI is InChI=1S/C18H27N3/c1-14(2)21-16-10-6-5-9-15(16)20-17(21)13-18(19-3)11-7-4-8-12-18/h5-6,9-10,14,19H,4,7-8,11-13H2,1-3H3. The first kappa shape index (κ1) is 14.6. The lowest BCUT2D eigenvalue weighted by Gasteiger charge is -2.37. The molecule has 0 unspecified atom stereocenters. The number of imidazole rings is 1. The Bertz CT molecular complexity index is 606. The smallest absolute Gasteiger partial charge is 0.111 e. The van der Waals surface area contributed by atoms with Crippen LogP contribution < -0.4 is 5.32 Å². The van der Waals surface area contributed by atoms with Crippen molar-refractivity contribution in [3.63, 3.8) is 0 Å². The number of nitrogens with zero attached hydrogens (tertiary/aromatic N) is 2. The SMILES string of the molecule is CNC1(Cc2nc3ccccc3n2C(C)C)CCCCC1. The van der Waals surface area contributed by atoms with Gasteiger partial charge in [-0.15, -0.1) is 0 Å². The average Bonchev–Trinajstić information content (AvgIpc) is 2.85. The Morgan fingerprint density at radius 2 is 1.90 bits per heavy atom. The number of fused-ring (bicyclic) bond motifs is 1. The highest BCUT2D eigenvalue weighted by Crippen LogP contribution is 2.32. The zero-order valence-electron chi connectivity index (χ0n) is 13.5. The van der Waals surface area contributed by atoms with Crippen LogP contribution in [0.1, 0.15) is 57.8 Å². The molecule has 0 atom stereocenters. The molecular weight excluding hydrogens is 258 g/mol. The lowest BCUT2D eigenvalue weighted by Crippen LogP contribution is -2.47. The van der Waals surface area contributed by atoms with E-state index < -0.39 is 0 Å². The van der Waals surface area contributed by atoms with E-state index >= 15 is 0 Å². The van der Waals surface area contributed by atoms with E-state index in [2.05, 4.69) is 55.0 Å². The number of rotatable bonds is 4. The van der Waals surface area contributed by atoms with Crippen LogP contribution in [0.25, 0.3) is 11.0 Å². The molecule has 3 rings (SSSR count). The maximum absolute atomic E-state index is 4.94. The van der Waals surface area contributed by atoms with Crippen molar-refractivity contribution in [2.24, 2.45) is 0 Å². The van der Waals surface area contributed by atoms with Crippen LogP contribution in [0, 0.1) is 0 Å². The molecule has 0 radical (unpaired) electrons. The van der Waals surface area contributed by atoms with E-state index in [1.165, 1.54) is 43.4 Å². The summed E-state index contributed by atoms with van der Waals surface area (Å²) in [6.07, 6.45) is 7.63. The Hall–Kier alpha value is -1.35. The monoisotopic (exact) mass is 285 g/mol. The Balaban J connectivity index is 2.01. The molecule has 0 aliphatic heterocycles. The fourth-order valence-corrected chi connectivity index (χ4v) is 3.84. The molecular formula is C18H27N3. The largest absolute Gasteiger partial charge is 0.325 e. The zero-order valence-corrected chi connectivity index (χ0v) is 13.5. The van der Waals surface area contributed by atoms with E-state index in [-0.39, 0.29) is 5.54 Å². The Morgan fingerprint density at radius 3 is 2.57 bits per heavy atom. The third-order valence-corrected chi connectivity index (χ3v) is 5.02. The fraction of sp³-hybridized carbons (Fsp3) is 0.611. The molecule has 1 fully saturated rings. The third-order valence-electron chi connectivity index (χ3n) is 5.02. The highest BCUT2D eigenvalue weighted by molar-refractivity contribution is 5.76. The van der Waals surface area contributed by atoms with Gasteiger partial charge in [0.2, 0.25) is 0 Å². The van der Waals surface area contributed by atoms with Gasteiger partial charge in [0, 0.05) is 18.0 Å². The van der Waals surface area contributed by atoms with Gasteiger partial charge >= 0.3 is 0 Å². The number of likely N-dealkylation sites (N-methyl/N-ethyl adjacent to an activating group) is 1. The van der Waals surface area contributed by atoms with Gasteiger partial charge in [-0.25, -0.2) is 4.98 Å². The molecule has 3 heteroatoms. The van der Waals surface area contributed by atoms with Crippen molar-refractivity contribution in [1.29, 1.82) is 0 Å². The first-order valence-electron chi connectivity index (χ1n) is 8.30. The lowest BCUT2D eigenvalue weighted by molar-refractivity contribution is 0.238. The molecule has 1 saturated carbocycles. The van der Waals surface area contributed by atoms with Crippen molar-refractivity contribution in [2.45, 2.75) is 64.0 Å². The van der Waals surface area contributed by atoms with Crippen molar-refractivity contribution < 1.29 is 0 Å². The summed E-state index contributed by atoms with van der Waals surface area (Å²) in [4.78, 5) is 4.94. The van der Waals surface area contributed by atoms with Crippen LogP contribution in [-0.4, -0.2) is 22.1 Å². The molecule has 114 valence electrons. The summed E-state index contributed by atoms with van der Waals surface area (Å²) in [6.45, 7) is 4.51. The normalized spacial score (nSPS) is 18.5. The highest BCUT2D eigenvalue weighted by atomic mass is 15.1. The number of hydrogen-bond donors (Lipinski definition) is 1. The molecule has 0 amide bonds. The van der Waals surface area contributed by atoms with Gasteiger partial charge in [0.05, 0.1) is 11.0 Å². The van der Waals surface area contributed by atoms with Crippen molar-refractivity contribution >= 4 is 11.0 Å². The van der Waals surface area contributed by atoms with E-state index in [1.54, 1.807) is 0 Å². The van der Waals surface area contributed by atoms with Gasteiger partial charge in [0.25, 0.3) is 0 Å². The van der Waals surface area contributed by atoms with Gasteiger partial charge in [0.1, 0.15) is 5.82 Å². The van der Waals surface area contributed by atoms with Crippen LogP contribution in [-0.2, 0) is 6.42 Å². The summed E-state index contributed by atoms with van der Waals surface area (Å²) < 4.78 is 2.42. The van der Waals surface area contributed by atoms with Gasteiger partial charge in [-0.05, 0) is 45.9 Å². The predicted molar refractivity (Wildman–Crippen MR) is 88.7 cm³/mol. The molecule has 1 aliphatic carbocycles. The third kappa shape index (κ3) is 2.71. The summed E-state index contributed by atoms with van der Waals surface area (Å²) >= 11 is 0. The van der Waals surface area contributed by atoms with E-state index in [0.717, 1.165) is 11.9 Å². The number of nitrogens with one attached hydrogen (secondary N) is 1. The van der Waals surface area contributed by atoms with Gasteiger partial charge < -0.3 is 9.88 Å². The van der Waals surface area contributed by atoms with Crippen LogP contribution >= 0.6 is 0 Å². The molecule has 1 N–H and O–H groups in total. The second-order valence-electron chi connectivity index (χ2n) is 6.75. The number of benzene rings is 1. The number of para-hydroxylation sites is 2. The van der Waals surface area contributed by atoms with Crippen molar-refractivity contribution in [3.05, 3.63) is 30.1 Å². The van der Waals surface area contributed by atoms with Gasteiger partial charge in [0.15, 0.2) is 0 Å². The molecule has 0 spiro atoms. The highest BCUT2D eigenvalue weighted by Gasteiger charge is 2.32. The van der Waals surface area contributed by atoms with E-state index in [1.807, 2.05) is 0 Å². The first-order valence-corrected chi connectivity index (χ1v) is 8.30. The predicted octanol–water partition coefficient (Wildman–Crippen LogP) is 4.08. The van der Waals surface area contributed by atoms with Crippen LogP contribution in [0.5, 0.6) is 0 Å². The minimum absolute atomic E-state index is 0.242. The molecule has 1 heterocycles. The topological polar surface area (TPSA) is 29.9 Å². The second kappa shape index (κ2) is 5.80. The zero-order chi connectivity index (χ0) is 14.9. The quantitative estimate of drug-likeness (QED) is 0.917. The molecule has 21 heavy (non-hydrogen) atoms. The summed E-state index contributed by atoms with van der Waals surface area (Å²) in [6, 6.07) is 8.97. The first-order chi connectivity index (χ1) is 10.2. The van der Waals surface area contributed by atoms with Crippen LogP contribution in [0.3, 0.4) is 0 Å². The molecule has 1 aliphatic rings. The number of aromatic nitrogens is 2. The van der Waals surface area contributed by atoms with Gasteiger partial charge in [-0.1, -0.05) is 31.4 Å². The minimum Gasteiger partial charge on any atom is -0.325 e.